The molecule has 2 N–H and O–H groups in total. The third kappa shape index (κ3) is 3.55. The van der Waals surface area contributed by atoms with E-state index in [0.29, 0.717) is 5.02 Å². The fourth-order valence-corrected chi connectivity index (χ4v) is 1.44. The van der Waals surface area contributed by atoms with Crippen molar-refractivity contribution in [2.75, 3.05) is 0 Å². The Morgan fingerprint density at radius 2 is 1.94 bits per heavy atom. The SMILES string of the molecule is O=C(O)CCCC(=O)c1cc(Cl)ccc1O. The summed E-state index contributed by atoms with van der Waals surface area (Å²) in [4.78, 5) is 21.8. The lowest BCUT2D eigenvalue weighted by atomic mass is 10.0. The minimum Gasteiger partial charge on any atom is -0.507 e. The smallest absolute Gasteiger partial charge is 0.303 e. The molecule has 0 saturated heterocycles. The molecule has 5 heteroatoms. The van der Waals surface area contributed by atoms with Crippen molar-refractivity contribution in [1.29, 1.82) is 0 Å². The van der Waals surface area contributed by atoms with Crippen LogP contribution in [0.1, 0.15) is 29.6 Å². The summed E-state index contributed by atoms with van der Waals surface area (Å²) in [6.07, 6.45) is 0.271. The summed E-state index contributed by atoms with van der Waals surface area (Å²) in [5, 5.41) is 18.2. The third-order valence-electron chi connectivity index (χ3n) is 2.05. The van der Waals surface area contributed by atoms with Crippen molar-refractivity contribution in [3.8, 4) is 5.75 Å². The van der Waals surface area contributed by atoms with Crippen LogP contribution in [-0.2, 0) is 4.79 Å². The van der Waals surface area contributed by atoms with Gasteiger partial charge in [0.05, 0.1) is 5.56 Å². The van der Waals surface area contributed by atoms with Gasteiger partial charge in [0.15, 0.2) is 5.78 Å². The van der Waals surface area contributed by atoms with Gasteiger partial charge in [-0.15, -0.1) is 0 Å². The number of hydrogen-bond donors (Lipinski definition) is 2. The molecule has 1 rings (SSSR count). The van der Waals surface area contributed by atoms with E-state index in [1.807, 2.05) is 0 Å². The molecule has 86 valence electrons. The lowest BCUT2D eigenvalue weighted by Crippen LogP contribution is -2.02. The van der Waals surface area contributed by atoms with E-state index in [4.69, 9.17) is 16.7 Å². The number of Topliss-reactive ketones (excluding diaryl/α,β-unsaturated/α-hetero) is 1. The molecule has 16 heavy (non-hydrogen) atoms. The molecular formula is C11H11ClO4. The van der Waals surface area contributed by atoms with Gasteiger partial charge in [-0.3, -0.25) is 9.59 Å². The Kier molecular flexibility index (Phi) is 4.31. The van der Waals surface area contributed by atoms with E-state index in [0.717, 1.165) is 0 Å². The number of carboxylic acids is 1. The maximum atomic E-state index is 11.6. The van der Waals surface area contributed by atoms with Crippen LogP contribution >= 0.6 is 11.6 Å². The Hall–Kier alpha value is -1.55. The maximum absolute atomic E-state index is 11.6. The molecule has 0 heterocycles. The molecule has 1 aromatic carbocycles. The molecule has 0 atom stereocenters. The highest BCUT2D eigenvalue weighted by Crippen LogP contribution is 2.23. The van der Waals surface area contributed by atoms with Crippen LogP contribution < -0.4 is 0 Å². The van der Waals surface area contributed by atoms with Crippen molar-refractivity contribution in [3.05, 3.63) is 28.8 Å². The van der Waals surface area contributed by atoms with E-state index in [2.05, 4.69) is 0 Å². The third-order valence-corrected chi connectivity index (χ3v) is 2.29. The van der Waals surface area contributed by atoms with E-state index in [-0.39, 0.29) is 36.4 Å². The first-order valence-corrected chi connectivity index (χ1v) is 5.12. The average Bonchev–Trinajstić information content (AvgIpc) is 2.21. The number of hydrogen-bond acceptors (Lipinski definition) is 3. The lowest BCUT2D eigenvalue weighted by molar-refractivity contribution is -0.137. The zero-order valence-electron chi connectivity index (χ0n) is 8.44. The summed E-state index contributed by atoms with van der Waals surface area (Å²) in [5.41, 5.74) is 0.137. The van der Waals surface area contributed by atoms with Crippen LogP contribution in [0.5, 0.6) is 5.75 Å². The Balaban J connectivity index is 2.65. The van der Waals surface area contributed by atoms with Gasteiger partial charge < -0.3 is 10.2 Å². The highest BCUT2D eigenvalue weighted by Gasteiger charge is 2.12. The summed E-state index contributed by atoms with van der Waals surface area (Å²) in [6, 6.07) is 4.19. The normalized spacial score (nSPS) is 10.1. The molecule has 0 amide bonds. The van der Waals surface area contributed by atoms with Crippen LogP contribution in [0.15, 0.2) is 18.2 Å². The molecule has 0 aliphatic rings. The number of carboxylic acid groups (broad SMARTS) is 1. The summed E-state index contributed by atoms with van der Waals surface area (Å²) >= 11 is 5.69. The number of aliphatic carboxylic acids is 1. The van der Waals surface area contributed by atoms with Gasteiger partial charge in [0.2, 0.25) is 0 Å². The molecule has 0 saturated carbocycles. The van der Waals surface area contributed by atoms with Gasteiger partial charge in [0.25, 0.3) is 0 Å². The number of ketones is 1. The van der Waals surface area contributed by atoms with Crippen molar-refractivity contribution < 1.29 is 19.8 Å². The number of carbonyl (C=O) groups is 2. The second kappa shape index (κ2) is 5.51. The van der Waals surface area contributed by atoms with Crippen LogP contribution in [0.4, 0.5) is 0 Å². The summed E-state index contributed by atoms with van der Waals surface area (Å²) < 4.78 is 0. The monoisotopic (exact) mass is 242 g/mol. The fourth-order valence-electron chi connectivity index (χ4n) is 1.27. The van der Waals surface area contributed by atoms with Crippen LogP contribution in [0.3, 0.4) is 0 Å². The number of phenols is 1. The van der Waals surface area contributed by atoms with Crippen LogP contribution in [0, 0.1) is 0 Å². The van der Waals surface area contributed by atoms with Crippen molar-refractivity contribution in [2.45, 2.75) is 19.3 Å². The van der Waals surface area contributed by atoms with Crippen molar-refractivity contribution in [1.82, 2.24) is 0 Å². The van der Waals surface area contributed by atoms with Crippen LogP contribution in [-0.4, -0.2) is 22.0 Å². The van der Waals surface area contributed by atoms with E-state index >= 15 is 0 Å². The van der Waals surface area contributed by atoms with Gasteiger partial charge in [0, 0.05) is 17.9 Å². The van der Waals surface area contributed by atoms with Gasteiger partial charge in [0.1, 0.15) is 5.75 Å². The van der Waals surface area contributed by atoms with Gasteiger partial charge in [-0.2, -0.15) is 0 Å². The second-order valence-corrected chi connectivity index (χ2v) is 3.77. The summed E-state index contributed by atoms with van der Waals surface area (Å²) in [5.74, 6) is -1.38. The van der Waals surface area contributed by atoms with Crippen LogP contribution in [0.25, 0.3) is 0 Å². The second-order valence-electron chi connectivity index (χ2n) is 3.33. The molecule has 0 radical (unpaired) electrons. The molecule has 0 aromatic heterocycles. The van der Waals surface area contributed by atoms with E-state index in [9.17, 15) is 14.7 Å². The number of benzene rings is 1. The topological polar surface area (TPSA) is 74.6 Å². The predicted molar refractivity (Wildman–Crippen MR) is 58.9 cm³/mol. The Morgan fingerprint density at radius 1 is 1.25 bits per heavy atom. The molecule has 0 unspecified atom stereocenters. The molecule has 0 bridgehead atoms. The fraction of sp³-hybridized carbons (Fsp3) is 0.273. The molecule has 1 aromatic rings. The molecular weight excluding hydrogens is 232 g/mol. The Morgan fingerprint density at radius 3 is 2.56 bits per heavy atom. The van der Waals surface area contributed by atoms with Gasteiger partial charge >= 0.3 is 5.97 Å². The number of halogens is 1. The average molecular weight is 243 g/mol. The highest BCUT2D eigenvalue weighted by molar-refractivity contribution is 6.31. The van der Waals surface area contributed by atoms with E-state index in [1.165, 1.54) is 18.2 Å². The minimum atomic E-state index is -0.942. The lowest BCUT2D eigenvalue weighted by Gasteiger charge is -2.03. The standard InChI is InChI=1S/C11H11ClO4/c12-7-4-5-10(14)8(6-7)9(13)2-1-3-11(15)16/h4-6,14H,1-3H2,(H,15,16). The van der Waals surface area contributed by atoms with Crippen molar-refractivity contribution in [2.24, 2.45) is 0 Å². The predicted octanol–water partition coefficient (Wildman–Crippen LogP) is 2.48. The molecule has 0 aliphatic carbocycles. The number of rotatable bonds is 5. The molecule has 0 fully saturated rings. The first kappa shape index (κ1) is 12.5. The molecule has 0 spiro atoms. The summed E-state index contributed by atoms with van der Waals surface area (Å²) in [7, 11) is 0. The zero-order chi connectivity index (χ0) is 12.1. The van der Waals surface area contributed by atoms with E-state index < -0.39 is 5.97 Å². The van der Waals surface area contributed by atoms with Crippen molar-refractivity contribution >= 4 is 23.4 Å². The number of carbonyl (C=O) groups excluding carboxylic acids is 1. The molecule has 4 nitrogen and oxygen atoms in total. The largest absolute Gasteiger partial charge is 0.507 e. The quantitative estimate of drug-likeness (QED) is 0.778. The molecule has 0 aliphatic heterocycles. The Bertz CT molecular complexity index is 414. The number of aromatic hydroxyl groups is 1. The Labute approximate surface area is 97.5 Å². The maximum Gasteiger partial charge on any atom is 0.303 e. The van der Waals surface area contributed by atoms with Gasteiger partial charge in [-0.05, 0) is 24.6 Å². The van der Waals surface area contributed by atoms with Gasteiger partial charge in [-0.25, -0.2) is 0 Å². The minimum absolute atomic E-state index is 0.0624. The summed E-state index contributed by atoms with van der Waals surface area (Å²) in [6.45, 7) is 0. The highest BCUT2D eigenvalue weighted by atomic mass is 35.5. The zero-order valence-corrected chi connectivity index (χ0v) is 9.20. The first-order chi connectivity index (χ1) is 7.50. The van der Waals surface area contributed by atoms with Gasteiger partial charge in [-0.1, -0.05) is 11.6 Å². The van der Waals surface area contributed by atoms with Crippen LogP contribution in [0.2, 0.25) is 5.02 Å². The first-order valence-electron chi connectivity index (χ1n) is 4.74. The van der Waals surface area contributed by atoms with Crippen molar-refractivity contribution in [3.63, 3.8) is 0 Å². The van der Waals surface area contributed by atoms with E-state index in [1.54, 1.807) is 0 Å². The number of phenolic OH excluding ortho intramolecular Hbond substituents is 1.